The molecule has 0 aliphatic heterocycles. The van der Waals surface area contributed by atoms with E-state index in [1.54, 1.807) is 13.0 Å². The van der Waals surface area contributed by atoms with Gasteiger partial charge in [0.05, 0.1) is 28.9 Å². The second-order valence-corrected chi connectivity index (χ2v) is 7.61. The van der Waals surface area contributed by atoms with E-state index in [1.807, 2.05) is 13.8 Å². The van der Waals surface area contributed by atoms with Crippen molar-refractivity contribution in [1.82, 2.24) is 0 Å². The summed E-state index contributed by atoms with van der Waals surface area (Å²) >= 11 is 15.8. The number of halogens is 3. The predicted molar refractivity (Wildman–Crippen MR) is 117 cm³/mol. The minimum Gasteiger partial charge on any atom is -0.496 e. The summed E-state index contributed by atoms with van der Waals surface area (Å²) < 4.78 is 16.5. The second-order valence-electron chi connectivity index (χ2n) is 6.03. The van der Waals surface area contributed by atoms with E-state index in [0.717, 1.165) is 11.1 Å². The van der Waals surface area contributed by atoms with Crippen molar-refractivity contribution < 1.29 is 23.8 Å². The quantitative estimate of drug-likeness (QED) is 0.498. The van der Waals surface area contributed by atoms with Crippen LogP contribution in [0.1, 0.15) is 28.4 Å². The van der Waals surface area contributed by atoms with Gasteiger partial charge in [-0.15, -0.1) is 0 Å². The highest BCUT2D eigenvalue weighted by molar-refractivity contribution is 9.10. The molecule has 6 nitrogen and oxygen atoms in total. The topological polar surface area (TPSA) is 73.9 Å². The van der Waals surface area contributed by atoms with E-state index in [4.69, 9.17) is 37.4 Å². The number of rotatable bonds is 7. The fraction of sp³-hybridized carbons (Fsp3) is 0.300. The molecule has 0 aromatic heterocycles. The van der Waals surface area contributed by atoms with Gasteiger partial charge in [0.25, 0.3) is 5.91 Å². The van der Waals surface area contributed by atoms with Crippen LogP contribution in [0.15, 0.2) is 22.7 Å². The molecule has 0 aliphatic carbocycles. The normalized spacial score (nSPS) is 10.4. The Hall–Kier alpha value is -1.96. The van der Waals surface area contributed by atoms with Crippen molar-refractivity contribution in [2.24, 2.45) is 0 Å². The maximum absolute atomic E-state index is 12.3. The summed E-state index contributed by atoms with van der Waals surface area (Å²) in [7, 11) is 1.41. The minimum absolute atomic E-state index is 0.168. The molecule has 156 valence electrons. The SMILES string of the molecule is CCOC(=O)c1cc(Cl)c(NC(=O)COc2cc(C)c(Cl)c(C)c2Br)cc1OC. The molecule has 2 rings (SSSR count). The fourth-order valence-electron chi connectivity index (χ4n) is 2.52. The van der Waals surface area contributed by atoms with Crippen LogP contribution >= 0.6 is 39.1 Å². The smallest absolute Gasteiger partial charge is 0.341 e. The van der Waals surface area contributed by atoms with Gasteiger partial charge in [0.15, 0.2) is 6.61 Å². The molecule has 1 N–H and O–H groups in total. The molecule has 2 aromatic rings. The lowest BCUT2D eigenvalue weighted by atomic mass is 10.1. The van der Waals surface area contributed by atoms with Crippen LogP contribution in [-0.2, 0) is 9.53 Å². The molecule has 0 heterocycles. The van der Waals surface area contributed by atoms with Crippen molar-refractivity contribution in [2.45, 2.75) is 20.8 Å². The van der Waals surface area contributed by atoms with Crippen LogP contribution in [0.25, 0.3) is 0 Å². The number of benzene rings is 2. The number of amides is 1. The van der Waals surface area contributed by atoms with Crippen molar-refractivity contribution in [3.63, 3.8) is 0 Å². The molecule has 0 fully saturated rings. The van der Waals surface area contributed by atoms with Gasteiger partial charge in [-0.05, 0) is 60.0 Å². The van der Waals surface area contributed by atoms with Gasteiger partial charge in [-0.25, -0.2) is 4.79 Å². The van der Waals surface area contributed by atoms with Crippen molar-refractivity contribution in [2.75, 3.05) is 25.6 Å². The average molecular weight is 505 g/mol. The number of hydrogen-bond acceptors (Lipinski definition) is 5. The highest BCUT2D eigenvalue weighted by Gasteiger charge is 2.18. The first-order valence-electron chi connectivity index (χ1n) is 8.62. The Morgan fingerprint density at radius 2 is 1.83 bits per heavy atom. The third kappa shape index (κ3) is 5.56. The first kappa shape index (κ1) is 23.3. The largest absolute Gasteiger partial charge is 0.496 e. The van der Waals surface area contributed by atoms with Crippen LogP contribution in [0.2, 0.25) is 10.0 Å². The van der Waals surface area contributed by atoms with Crippen LogP contribution in [0, 0.1) is 13.8 Å². The zero-order valence-corrected chi connectivity index (χ0v) is 19.4. The van der Waals surface area contributed by atoms with Gasteiger partial charge in [0, 0.05) is 11.1 Å². The molecule has 1 amide bonds. The standard InChI is InChI=1S/C20H20BrCl2NO5/c1-5-28-20(26)12-7-13(22)14(8-15(12)27-4)24-17(25)9-29-16-6-10(2)19(23)11(3)18(16)21/h6-8H,5,9H2,1-4H3,(H,24,25). The maximum Gasteiger partial charge on any atom is 0.341 e. The highest BCUT2D eigenvalue weighted by atomic mass is 79.9. The Morgan fingerprint density at radius 3 is 2.45 bits per heavy atom. The first-order chi connectivity index (χ1) is 13.7. The Morgan fingerprint density at radius 1 is 1.14 bits per heavy atom. The summed E-state index contributed by atoms with van der Waals surface area (Å²) in [6, 6.07) is 4.59. The maximum atomic E-state index is 12.3. The number of ether oxygens (including phenoxy) is 3. The predicted octanol–water partition coefficient (Wildman–Crippen LogP) is 5.58. The average Bonchev–Trinajstić information content (AvgIpc) is 2.69. The zero-order valence-electron chi connectivity index (χ0n) is 16.3. The fourth-order valence-corrected chi connectivity index (χ4v) is 3.42. The molecule has 2 aromatic carbocycles. The number of anilines is 1. The minimum atomic E-state index is -0.564. The Balaban J connectivity index is 2.14. The van der Waals surface area contributed by atoms with Crippen LogP contribution < -0.4 is 14.8 Å². The molecule has 0 bridgehead atoms. The van der Waals surface area contributed by atoms with Gasteiger partial charge in [-0.2, -0.15) is 0 Å². The van der Waals surface area contributed by atoms with E-state index < -0.39 is 11.9 Å². The van der Waals surface area contributed by atoms with Gasteiger partial charge in [0.1, 0.15) is 17.1 Å². The van der Waals surface area contributed by atoms with Crippen LogP contribution in [0.5, 0.6) is 11.5 Å². The Kier molecular flexibility index (Phi) is 8.19. The Labute approximate surface area is 187 Å². The molecule has 29 heavy (non-hydrogen) atoms. The Bertz CT molecular complexity index is 949. The van der Waals surface area contributed by atoms with E-state index in [-0.39, 0.29) is 35.2 Å². The summed E-state index contributed by atoms with van der Waals surface area (Å²) in [5, 5.41) is 3.45. The highest BCUT2D eigenvalue weighted by Crippen LogP contribution is 2.36. The molecule has 0 atom stereocenters. The monoisotopic (exact) mass is 503 g/mol. The number of nitrogens with one attached hydrogen (secondary N) is 1. The van der Waals surface area contributed by atoms with E-state index in [2.05, 4.69) is 21.2 Å². The molecule has 0 radical (unpaired) electrons. The molecule has 0 saturated heterocycles. The van der Waals surface area contributed by atoms with Crippen LogP contribution in [0.4, 0.5) is 5.69 Å². The zero-order chi connectivity index (χ0) is 21.7. The molecule has 9 heteroatoms. The van der Waals surface area contributed by atoms with Crippen LogP contribution in [-0.4, -0.2) is 32.2 Å². The summed E-state index contributed by atoms with van der Waals surface area (Å²) in [5.41, 5.74) is 2.12. The van der Waals surface area contributed by atoms with Gasteiger partial charge >= 0.3 is 5.97 Å². The summed E-state index contributed by atoms with van der Waals surface area (Å²) in [4.78, 5) is 24.3. The van der Waals surface area contributed by atoms with Crippen molar-refractivity contribution in [3.05, 3.63) is 49.4 Å². The third-order valence-corrected chi connectivity index (χ3v) is 5.87. The molecule has 0 unspecified atom stereocenters. The van der Waals surface area contributed by atoms with Gasteiger partial charge in [0.2, 0.25) is 0 Å². The summed E-state index contributed by atoms with van der Waals surface area (Å²) in [6.07, 6.45) is 0. The van der Waals surface area contributed by atoms with Crippen molar-refractivity contribution in [3.8, 4) is 11.5 Å². The summed E-state index contributed by atoms with van der Waals surface area (Å²) in [5.74, 6) is -0.266. The van der Waals surface area contributed by atoms with Gasteiger partial charge in [-0.3, -0.25) is 4.79 Å². The lowest BCUT2D eigenvalue weighted by molar-refractivity contribution is -0.118. The molecule has 0 saturated carbocycles. The first-order valence-corrected chi connectivity index (χ1v) is 10.2. The molecular formula is C20H20BrCl2NO5. The molecule has 0 spiro atoms. The van der Waals surface area contributed by atoms with E-state index >= 15 is 0 Å². The van der Waals surface area contributed by atoms with Gasteiger partial charge < -0.3 is 19.5 Å². The second kappa shape index (κ2) is 10.2. The van der Waals surface area contributed by atoms with E-state index in [0.29, 0.717) is 15.2 Å². The lowest BCUT2D eigenvalue weighted by Crippen LogP contribution is -2.21. The number of esters is 1. The summed E-state index contributed by atoms with van der Waals surface area (Å²) in [6.45, 7) is 5.37. The third-order valence-electron chi connectivity index (χ3n) is 3.99. The molecule has 0 aliphatic rings. The van der Waals surface area contributed by atoms with Crippen LogP contribution in [0.3, 0.4) is 0 Å². The van der Waals surface area contributed by atoms with Crippen molar-refractivity contribution in [1.29, 1.82) is 0 Å². The number of aryl methyl sites for hydroxylation is 1. The van der Waals surface area contributed by atoms with Gasteiger partial charge in [-0.1, -0.05) is 23.2 Å². The lowest BCUT2D eigenvalue weighted by Gasteiger charge is -2.15. The number of carbonyl (C=O) groups excluding carboxylic acids is 2. The number of carbonyl (C=O) groups is 2. The number of methoxy groups -OCH3 is 1. The molecular weight excluding hydrogens is 485 g/mol. The number of hydrogen-bond donors (Lipinski definition) is 1. The van der Waals surface area contributed by atoms with E-state index in [1.165, 1.54) is 19.2 Å². The van der Waals surface area contributed by atoms with Crippen molar-refractivity contribution >= 4 is 56.7 Å². The van der Waals surface area contributed by atoms with E-state index in [9.17, 15) is 9.59 Å².